The molecule has 2 nitrogen and oxygen atoms in total. The average Bonchev–Trinajstić information content (AvgIpc) is 2.18. The maximum absolute atomic E-state index is 12.9. The highest BCUT2D eigenvalue weighted by atomic mass is 32.1. The highest BCUT2D eigenvalue weighted by Gasteiger charge is 2.06. The van der Waals surface area contributed by atoms with Crippen molar-refractivity contribution < 1.29 is 4.39 Å². The minimum Gasteiger partial charge on any atom is -0.363 e. The van der Waals surface area contributed by atoms with E-state index in [-0.39, 0.29) is 11.9 Å². The molecule has 0 aliphatic heterocycles. The van der Waals surface area contributed by atoms with E-state index in [4.69, 9.17) is 12.2 Å². The van der Waals surface area contributed by atoms with E-state index >= 15 is 0 Å². The van der Waals surface area contributed by atoms with Crippen molar-refractivity contribution in [2.45, 2.75) is 19.9 Å². The topological polar surface area (TPSA) is 24.1 Å². The maximum Gasteiger partial charge on any atom is 0.166 e. The third-order valence-corrected chi connectivity index (χ3v) is 2.30. The van der Waals surface area contributed by atoms with Gasteiger partial charge in [0.1, 0.15) is 5.82 Å². The fourth-order valence-corrected chi connectivity index (χ4v) is 1.59. The van der Waals surface area contributed by atoms with Gasteiger partial charge in [-0.25, -0.2) is 4.39 Å². The molecule has 0 bridgehead atoms. The number of rotatable bonds is 3. The van der Waals surface area contributed by atoms with Gasteiger partial charge in [-0.3, -0.25) is 0 Å². The molecule has 0 aliphatic carbocycles. The zero-order valence-electron chi connectivity index (χ0n) is 8.88. The van der Waals surface area contributed by atoms with Crippen molar-refractivity contribution in [2.75, 3.05) is 6.54 Å². The van der Waals surface area contributed by atoms with E-state index in [0.717, 1.165) is 12.1 Å². The Bertz CT molecular complexity index is 341. The van der Waals surface area contributed by atoms with E-state index in [9.17, 15) is 4.39 Å². The first kappa shape index (κ1) is 11.9. The Balaban J connectivity index is 2.60. The summed E-state index contributed by atoms with van der Waals surface area (Å²) in [5, 5.41) is 6.66. The summed E-state index contributed by atoms with van der Waals surface area (Å²) in [6.45, 7) is 4.70. The summed E-state index contributed by atoms with van der Waals surface area (Å²) in [4.78, 5) is 0. The Kier molecular flexibility index (Phi) is 4.49. The van der Waals surface area contributed by atoms with Crippen LogP contribution in [0.2, 0.25) is 0 Å². The molecule has 1 atom stereocenters. The van der Waals surface area contributed by atoms with E-state index in [1.54, 1.807) is 6.07 Å². The number of hydrogen-bond acceptors (Lipinski definition) is 1. The molecule has 1 unspecified atom stereocenters. The van der Waals surface area contributed by atoms with Gasteiger partial charge in [-0.05, 0) is 43.8 Å². The first-order chi connectivity index (χ1) is 7.13. The van der Waals surface area contributed by atoms with Crippen molar-refractivity contribution in [3.63, 3.8) is 0 Å². The lowest BCUT2D eigenvalue weighted by atomic mass is 10.1. The molecule has 0 fully saturated rings. The van der Waals surface area contributed by atoms with Crippen LogP contribution < -0.4 is 10.6 Å². The number of hydrogen-bond donors (Lipinski definition) is 2. The average molecular weight is 226 g/mol. The number of halogens is 1. The summed E-state index contributed by atoms with van der Waals surface area (Å²) in [5.41, 5.74) is 0.884. The van der Waals surface area contributed by atoms with Crippen LogP contribution in [0.5, 0.6) is 0 Å². The van der Waals surface area contributed by atoms with E-state index in [0.29, 0.717) is 5.11 Å². The molecule has 0 aliphatic rings. The van der Waals surface area contributed by atoms with Gasteiger partial charge in [0.2, 0.25) is 0 Å². The normalized spacial score (nSPS) is 11.9. The van der Waals surface area contributed by atoms with Crippen LogP contribution in [-0.2, 0) is 0 Å². The van der Waals surface area contributed by atoms with Gasteiger partial charge in [-0.15, -0.1) is 0 Å². The van der Waals surface area contributed by atoms with Crippen LogP contribution in [0.3, 0.4) is 0 Å². The lowest BCUT2D eigenvalue weighted by Crippen LogP contribution is -2.36. The third-order valence-electron chi connectivity index (χ3n) is 2.03. The third kappa shape index (κ3) is 3.83. The van der Waals surface area contributed by atoms with Crippen LogP contribution in [0.4, 0.5) is 4.39 Å². The van der Waals surface area contributed by atoms with Gasteiger partial charge in [-0.1, -0.05) is 12.1 Å². The summed E-state index contributed by atoms with van der Waals surface area (Å²) in [6.07, 6.45) is 0. The van der Waals surface area contributed by atoms with Crippen LogP contribution in [0.15, 0.2) is 24.3 Å². The van der Waals surface area contributed by atoms with Crippen LogP contribution in [-0.4, -0.2) is 11.7 Å². The van der Waals surface area contributed by atoms with E-state index in [1.807, 2.05) is 19.9 Å². The largest absolute Gasteiger partial charge is 0.363 e. The van der Waals surface area contributed by atoms with Crippen molar-refractivity contribution in [1.29, 1.82) is 0 Å². The fraction of sp³-hybridized carbons (Fsp3) is 0.364. The SMILES string of the molecule is CCNC(=S)NC(C)c1cccc(F)c1. The summed E-state index contributed by atoms with van der Waals surface area (Å²) in [5.74, 6) is -0.226. The quantitative estimate of drug-likeness (QED) is 0.774. The minimum absolute atomic E-state index is 0.00671. The number of benzene rings is 1. The zero-order chi connectivity index (χ0) is 11.3. The monoisotopic (exact) mass is 226 g/mol. The van der Waals surface area contributed by atoms with Gasteiger partial charge < -0.3 is 10.6 Å². The molecule has 1 rings (SSSR count). The summed E-state index contributed by atoms with van der Waals surface area (Å²) in [6, 6.07) is 6.51. The predicted molar refractivity (Wildman–Crippen MR) is 64.2 cm³/mol. The fourth-order valence-electron chi connectivity index (χ4n) is 1.27. The van der Waals surface area contributed by atoms with Crippen LogP contribution in [0.1, 0.15) is 25.5 Å². The molecule has 15 heavy (non-hydrogen) atoms. The van der Waals surface area contributed by atoms with Crippen molar-refractivity contribution >= 4 is 17.3 Å². The molecule has 0 spiro atoms. The molecular formula is C11H15FN2S. The number of nitrogens with one attached hydrogen (secondary N) is 2. The second-order valence-electron chi connectivity index (χ2n) is 3.28. The predicted octanol–water partition coefficient (Wildman–Crippen LogP) is 2.37. The Morgan fingerprint density at radius 2 is 2.27 bits per heavy atom. The van der Waals surface area contributed by atoms with Crippen molar-refractivity contribution in [3.8, 4) is 0 Å². The second-order valence-corrected chi connectivity index (χ2v) is 3.69. The van der Waals surface area contributed by atoms with Crippen molar-refractivity contribution in [3.05, 3.63) is 35.6 Å². The van der Waals surface area contributed by atoms with Gasteiger partial charge in [-0.2, -0.15) is 0 Å². The molecule has 1 aromatic rings. The minimum atomic E-state index is -0.226. The van der Waals surface area contributed by atoms with Crippen LogP contribution in [0.25, 0.3) is 0 Å². The molecule has 82 valence electrons. The molecular weight excluding hydrogens is 211 g/mol. The molecule has 0 aromatic heterocycles. The molecule has 0 radical (unpaired) electrons. The standard InChI is InChI=1S/C11H15FN2S/c1-3-13-11(15)14-8(2)9-5-4-6-10(12)7-9/h4-8H,3H2,1-2H3,(H2,13,14,15). The summed E-state index contributed by atoms with van der Waals surface area (Å²) in [7, 11) is 0. The van der Waals surface area contributed by atoms with E-state index in [2.05, 4.69) is 10.6 Å². The van der Waals surface area contributed by atoms with Gasteiger partial charge in [0.25, 0.3) is 0 Å². The Labute approximate surface area is 94.9 Å². The maximum atomic E-state index is 12.9. The highest BCUT2D eigenvalue weighted by molar-refractivity contribution is 7.80. The van der Waals surface area contributed by atoms with Gasteiger partial charge in [0.05, 0.1) is 6.04 Å². The molecule has 4 heteroatoms. The Morgan fingerprint density at radius 3 is 2.87 bits per heavy atom. The lowest BCUT2D eigenvalue weighted by Gasteiger charge is -2.16. The first-order valence-electron chi connectivity index (χ1n) is 4.93. The highest BCUT2D eigenvalue weighted by Crippen LogP contribution is 2.12. The second kappa shape index (κ2) is 5.66. The first-order valence-corrected chi connectivity index (χ1v) is 5.34. The summed E-state index contributed by atoms with van der Waals surface area (Å²) < 4.78 is 12.9. The van der Waals surface area contributed by atoms with Gasteiger partial charge >= 0.3 is 0 Å². The molecule has 1 aromatic carbocycles. The Hall–Kier alpha value is -1.16. The lowest BCUT2D eigenvalue weighted by molar-refractivity contribution is 0.617. The van der Waals surface area contributed by atoms with Crippen molar-refractivity contribution in [2.24, 2.45) is 0 Å². The van der Waals surface area contributed by atoms with Gasteiger partial charge in [0.15, 0.2) is 5.11 Å². The van der Waals surface area contributed by atoms with Crippen molar-refractivity contribution in [1.82, 2.24) is 10.6 Å². The molecule has 0 amide bonds. The Morgan fingerprint density at radius 1 is 1.53 bits per heavy atom. The molecule has 0 heterocycles. The molecule has 0 saturated heterocycles. The zero-order valence-corrected chi connectivity index (χ0v) is 9.70. The van der Waals surface area contributed by atoms with Crippen LogP contribution >= 0.6 is 12.2 Å². The number of thiocarbonyl (C=S) groups is 1. The molecule has 2 N–H and O–H groups in total. The summed E-state index contributed by atoms with van der Waals surface area (Å²) >= 11 is 5.05. The van der Waals surface area contributed by atoms with E-state index < -0.39 is 0 Å². The van der Waals surface area contributed by atoms with Gasteiger partial charge in [0, 0.05) is 6.54 Å². The van der Waals surface area contributed by atoms with Crippen LogP contribution in [0, 0.1) is 5.82 Å². The smallest absolute Gasteiger partial charge is 0.166 e. The van der Waals surface area contributed by atoms with E-state index in [1.165, 1.54) is 12.1 Å². The molecule has 0 saturated carbocycles.